The van der Waals surface area contributed by atoms with Crippen molar-refractivity contribution < 1.29 is 37.0 Å². The number of nitrogens with one attached hydrogen (secondary N) is 1. The van der Waals surface area contributed by atoms with Crippen molar-refractivity contribution in [3.63, 3.8) is 0 Å². The number of rotatable bonds is 7. The second kappa shape index (κ2) is 10.9. The third-order valence-electron chi connectivity index (χ3n) is 6.08. The number of amides is 2. The molecule has 0 atom stereocenters. The van der Waals surface area contributed by atoms with Gasteiger partial charge in [0.15, 0.2) is 0 Å². The van der Waals surface area contributed by atoms with Crippen LogP contribution < -0.4 is 10.1 Å². The van der Waals surface area contributed by atoms with Crippen LogP contribution in [0.3, 0.4) is 0 Å². The number of halogens is 4. The first-order valence-electron chi connectivity index (χ1n) is 11.6. The second-order valence-corrected chi connectivity index (χ2v) is 8.64. The first-order chi connectivity index (χ1) is 17.6. The highest BCUT2D eigenvalue weighted by molar-refractivity contribution is 5.95. The van der Waals surface area contributed by atoms with Gasteiger partial charge in [-0.1, -0.05) is 18.2 Å². The van der Waals surface area contributed by atoms with Crippen LogP contribution in [0.2, 0.25) is 0 Å². The summed E-state index contributed by atoms with van der Waals surface area (Å²) in [5, 5.41) is 10.9. The van der Waals surface area contributed by atoms with Crippen LogP contribution in [-0.4, -0.2) is 54.2 Å². The topological polar surface area (TPSA) is 78.9 Å². The molecule has 0 radical (unpaired) electrons. The van der Waals surface area contributed by atoms with E-state index in [1.54, 1.807) is 42.5 Å². The van der Waals surface area contributed by atoms with Crippen LogP contribution in [0.25, 0.3) is 22.3 Å². The largest absolute Gasteiger partial charge is 0.491 e. The molecular formula is C27H24F4N2O4. The van der Waals surface area contributed by atoms with E-state index < -0.39 is 23.7 Å². The average molecular weight is 516 g/mol. The van der Waals surface area contributed by atoms with Gasteiger partial charge in [-0.25, -0.2) is 22.4 Å². The van der Waals surface area contributed by atoms with Gasteiger partial charge in [0.1, 0.15) is 24.0 Å². The fraction of sp³-hybridized carbons (Fsp3) is 0.259. The minimum absolute atomic E-state index is 0.00652. The predicted molar refractivity (Wildman–Crippen MR) is 129 cm³/mol. The minimum atomic E-state index is -2.75. The maximum Gasteiger partial charge on any atom is 0.404 e. The van der Waals surface area contributed by atoms with Gasteiger partial charge in [0.25, 0.3) is 11.8 Å². The van der Waals surface area contributed by atoms with Gasteiger partial charge in [-0.05, 0) is 47.5 Å². The van der Waals surface area contributed by atoms with Crippen molar-refractivity contribution in [3.8, 4) is 28.0 Å². The van der Waals surface area contributed by atoms with Crippen molar-refractivity contribution in [2.75, 3.05) is 26.2 Å². The first kappa shape index (κ1) is 26.0. The number of carboxylic acid groups (broad SMARTS) is 1. The molecule has 2 N–H and O–H groups in total. The third kappa shape index (κ3) is 6.38. The zero-order valence-electron chi connectivity index (χ0n) is 19.6. The molecule has 0 spiro atoms. The molecule has 4 rings (SSSR count). The molecule has 6 nitrogen and oxygen atoms in total. The fourth-order valence-electron chi connectivity index (χ4n) is 4.10. The number of carbonyl (C=O) groups excluding carboxylic acids is 1. The SMILES string of the molecule is O=C(O)NCCOc1ccc(-c2ccc(C(=O)N3CCC(F)(F)CC3)cc2)cc1-c1ccc(F)cc1F. The summed E-state index contributed by atoms with van der Waals surface area (Å²) < 4.78 is 60.6. The van der Waals surface area contributed by atoms with E-state index in [9.17, 15) is 27.2 Å². The third-order valence-corrected chi connectivity index (χ3v) is 6.08. The number of benzene rings is 3. The minimum Gasteiger partial charge on any atom is -0.491 e. The predicted octanol–water partition coefficient (Wildman–Crippen LogP) is 5.82. The summed E-state index contributed by atoms with van der Waals surface area (Å²) in [5.41, 5.74) is 2.15. The number of ether oxygens (including phenoxy) is 1. The summed E-state index contributed by atoms with van der Waals surface area (Å²) in [5.74, 6) is -4.32. The molecule has 0 unspecified atom stereocenters. The van der Waals surface area contributed by atoms with Crippen LogP contribution in [-0.2, 0) is 0 Å². The molecule has 1 aliphatic heterocycles. The van der Waals surface area contributed by atoms with Gasteiger partial charge in [-0.15, -0.1) is 0 Å². The van der Waals surface area contributed by atoms with Crippen molar-refractivity contribution in [2.24, 2.45) is 0 Å². The summed E-state index contributed by atoms with van der Waals surface area (Å²) in [6.07, 6.45) is -1.93. The quantitative estimate of drug-likeness (QED) is 0.307. The molecule has 0 saturated carbocycles. The Balaban J connectivity index is 1.58. The highest BCUT2D eigenvalue weighted by Gasteiger charge is 2.35. The van der Waals surface area contributed by atoms with E-state index in [4.69, 9.17) is 9.84 Å². The van der Waals surface area contributed by atoms with E-state index in [2.05, 4.69) is 5.32 Å². The fourth-order valence-corrected chi connectivity index (χ4v) is 4.10. The molecule has 0 aliphatic carbocycles. The lowest BCUT2D eigenvalue weighted by Crippen LogP contribution is -2.42. The van der Waals surface area contributed by atoms with Crippen LogP contribution in [0.5, 0.6) is 5.75 Å². The van der Waals surface area contributed by atoms with Crippen LogP contribution >= 0.6 is 0 Å². The molecule has 3 aromatic rings. The maximum atomic E-state index is 14.6. The van der Waals surface area contributed by atoms with E-state index in [0.29, 0.717) is 22.3 Å². The lowest BCUT2D eigenvalue weighted by Gasteiger charge is -2.31. The number of hydrogen-bond acceptors (Lipinski definition) is 3. The summed E-state index contributed by atoms with van der Waals surface area (Å²) in [7, 11) is 0. The normalized spacial score (nSPS) is 14.8. The Morgan fingerprint density at radius 3 is 2.24 bits per heavy atom. The standard InChI is InChI=1S/C27H24F4N2O4/c28-20-6-7-21(23(29)16-20)22-15-19(5-8-24(22)37-14-11-32-26(35)36)17-1-3-18(4-2-17)25(34)33-12-9-27(30,31)10-13-33/h1-8,15-16,32H,9-14H2,(H,35,36). The summed E-state index contributed by atoms with van der Waals surface area (Å²) >= 11 is 0. The van der Waals surface area contributed by atoms with E-state index >= 15 is 0 Å². The van der Waals surface area contributed by atoms with Crippen LogP contribution in [0.4, 0.5) is 22.4 Å². The molecule has 3 aromatic carbocycles. The zero-order valence-corrected chi connectivity index (χ0v) is 19.6. The molecule has 194 valence electrons. The number of hydrogen-bond donors (Lipinski definition) is 2. The monoisotopic (exact) mass is 516 g/mol. The van der Waals surface area contributed by atoms with E-state index in [0.717, 1.165) is 12.1 Å². The molecule has 2 amide bonds. The molecular weight excluding hydrogens is 492 g/mol. The number of likely N-dealkylation sites (tertiary alicyclic amines) is 1. The van der Waals surface area contributed by atoms with Crippen molar-refractivity contribution in [1.29, 1.82) is 0 Å². The van der Waals surface area contributed by atoms with Gasteiger partial charge < -0.3 is 20.1 Å². The highest BCUT2D eigenvalue weighted by atomic mass is 19.3. The Kier molecular flexibility index (Phi) is 7.66. The molecule has 10 heteroatoms. The Hall–Kier alpha value is -4.08. The molecule has 1 saturated heterocycles. The highest BCUT2D eigenvalue weighted by Crippen LogP contribution is 2.36. The number of piperidine rings is 1. The Labute approximate surface area is 210 Å². The summed E-state index contributed by atoms with van der Waals surface area (Å²) in [6, 6.07) is 14.7. The average Bonchev–Trinajstić information content (AvgIpc) is 2.86. The Morgan fingerprint density at radius 1 is 0.919 bits per heavy atom. The van der Waals surface area contributed by atoms with Crippen molar-refractivity contribution in [3.05, 3.63) is 77.9 Å². The maximum absolute atomic E-state index is 14.6. The van der Waals surface area contributed by atoms with Gasteiger partial charge in [-0.2, -0.15) is 0 Å². The van der Waals surface area contributed by atoms with E-state index in [1.807, 2.05) is 0 Å². The lowest BCUT2D eigenvalue weighted by molar-refractivity contribution is -0.0494. The smallest absolute Gasteiger partial charge is 0.404 e. The number of carbonyl (C=O) groups is 2. The first-order valence-corrected chi connectivity index (χ1v) is 11.6. The second-order valence-electron chi connectivity index (χ2n) is 8.64. The van der Waals surface area contributed by atoms with E-state index in [-0.39, 0.29) is 56.3 Å². The number of nitrogens with zero attached hydrogens (tertiary/aromatic N) is 1. The summed E-state index contributed by atoms with van der Waals surface area (Å²) in [6.45, 7) is -0.0273. The molecule has 1 aliphatic rings. The van der Waals surface area contributed by atoms with Crippen molar-refractivity contribution in [1.82, 2.24) is 10.2 Å². The zero-order chi connectivity index (χ0) is 26.6. The van der Waals surface area contributed by atoms with Crippen molar-refractivity contribution >= 4 is 12.0 Å². The van der Waals surface area contributed by atoms with Gasteiger partial charge in [0, 0.05) is 48.7 Å². The summed E-state index contributed by atoms with van der Waals surface area (Å²) in [4.78, 5) is 24.8. The molecule has 0 bridgehead atoms. The van der Waals surface area contributed by atoms with Gasteiger partial charge in [0.2, 0.25) is 0 Å². The molecule has 37 heavy (non-hydrogen) atoms. The van der Waals surface area contributed by atoms with Gasteiger partial charge in [0.05, 0.1) is 6.54 Å². The molecule has 1 fully saturated rings. The Morgan fingerprint density at radius 2 is 1.59 bits per heavy atom. The molecule has 1 heterocycles. The Bertz CT molecular complexity index is 1290. The van der Waals surface area contributed by atoms with E-state index in [1.165, 1.54) is 11.0 Å². The van der Waals surface area contributed by atoms with Crippen molar-refractivity contribution in [2.45, 2.75) is 18.8 Å². The lowest BCUT2D eigenvalue weighted by atomic mass is 9.97. The van der Waals surface area contributed by atoms with Gasteiger partial charge >= 0.3 is 6.09 Å². The number of alkyl halides is 2. The van der Waals surface area contributed by atoms with Crippen LogP contribution in [0.15, 0.2) is 60.7 Å². The van der Waals surface area contributed by atoms with Crippen LogP contribution in [0, 0.1) is 11.6 Å². The van der Waals surface area contributed by atoms with Crippen LogP contribution in [0.1, 0.15) is 23.2 Å². The van der Waals surface area contributed by atoms with Gasteiger partial charge in [-0.3, -0.25) is 4.79 Å². The molecule has 0 aromatic heterocycles.